The van der Waals surface area contributed by atoms with Gasteiger partial charge in [-0.2, -0.15) is 5.10 Å². The number of alkyl halides is 2. The molecule has 3 aliphatic heterocycles. The summed E-state index contributed by atoms with van der Waals surface area (Å²) in [6.45, 7) is 3.05. The number of hydrogen-bond donors (Lipinski definition) is 2. The van der Waals surface area contributed by atoms with E-state index >= 15 is 0 Å². The highest BCUT2D eigenvalue weighted by Gasteiger charge is 2.33. The van der Waals surface area contributed by atoms with Crippen molar-refractivity contribution in [3.63, 3.8) is 0 Å². The number of aliphatic hydroxyl groups excluding tert-OH is 1. The van der Waals surface area contributed by atoms with Crippen LogP contribution in [0.2, 0.25) is 0 Å². The summed E-state index contributed by atoms with van der Waals surface area (Å²) in [5.41, 5.74) is 10.1. The normalized spacial score (nSPS) is 18.4. The summed E-state index contributed by atoms with van der Waals surface area (Å²) in [5.74, 6) is 0.735. The molecule has 3 aliphatic rings. The number of carbonyl (C=O) groups excluding carboxylic acids is 1. The Hall–Kier alpha value is -3.35. The van der Waals surface area contributed by atoms with Gasteiger partial charge in [-0.15, -0.1) is 0 Å². The van der Waals surface area contributed by atoms with E-state index < -0.39 is 6.43 Å². The first-order valence-corrected chi connectivity index (χ1v) is 13.8. The quantitative estimate of drug-likeness (QED) is 0.261. The average Bonchev–Trinajstić information content (AvgIpc) is 3.37. The number of ether oxygens (including phenoxy) is 2. The van der Waals surface area contributed by atoms with Gasteiger partial charge in [0.1, 0.15) is 6.73 Å². The molecule has 0 atom stereocenters. The molecule has 0 saturated carbocycles. The molecule has 4 heterocycles. The lowest BCUT2D eigenvalue weighted by Gasteiger charge is -2.33. The zero-order valence-electron chi connectivity index (χ0n) is 22.5. The fourth-order valence-electron chi connectivity index (χ4n) is 5.81. The molecule has 1 fully saturated rings. The van der Waals surface area contributed by atoms with E-state index in [1.165, 1.54) is 12.4 Å². The van der Waals surface area contributed by atoms with Gasteiger partial charge < -0.3 is 30.1 Å². The highest BCUT2D eigenvalue weighted by Crippen LogP contribution is 2.42. The number of amides is 1. The first-order valence-electron chi connectivity index (χ1n) is 13.8. The third-order valence-corrected chi connectivity index (χ3v) is 7.76. The van der Waals surface area contributed by atoms with Gasteiger partial charge in [-0.1, -0.05) is 0 Å². The zero-order valence-corrected chi connectivity index (χ0v) is 22.5. The SMILES string of the molecule is NC=C(C=NCOCCO)c1cc2c(cc1C(F)F)N(c1nn(C3CCOCC3)c3c1CN(C=O)CC3)CCC2. The predicted molar refractivity (Wildman–Crippen MR) is 147 cm³/mol. The average molecular weight is 559 g/mol. The molecule has 1 amide bonds. The number of carbonyl (C=O) groups is 1. The number of rotatable bonds is 10. The van der Waals surface area contributed by atoms with Crippen LogP contribution in [0.1, 0.15) is 59.7 Å². The smallest absolute Gasteiger partial charge is 0.264 e. The molecule has 3 N–H and O–H groups in total. The molecule has 5 rings (SSSR count). The van der Waals surface area contributed by atoms with Crippen molar-refractivity contribution in [2.45, 2.75) is 51.1 Å². The van der Waals surface area contributed by atoms with E-state index in [4.69, 9.17) is 25.4 Å². The van der Waals surface area contributed by atoms with Crippen LogP contribution in [0.25, 0.3) is 5.57 Å². The lowest BCUT2D eigenvalue weighted by Crippen LogP contribution is -2.32. The topological polar surface area (TPSA) is 118 Å². The fraction of sp³-hybridized carbons (Fsp3) is 0.536. The van der Waals surface area contributed by atoms with Crippen molar-refractivity contribution in [1.29, 1.82) is 0 Å². The Bertz CT molecular complexity index is 1260. The number of aryl methyl sites for hydroxylation is 1. The second-order valence-corrected chi connectivity index (χ2v) is 10.2. The molecule has 2 aromatic rings. The van der Waals surface area contributed by atoms with Gasteiger partial charge in [0.05, 0.1) is 25.8 Å². The molecule has 0 radical (unpaired) electrons. The van der Waals surface area contributed by atoms with Gasteiger partial charge in [0.15, 0.2) is 5.82 Å². The number of aromatic nitrogens is 2. The largest absolute Gasteiger partial charge is 0.404 e. The highest BCUT2D eigenvalue weighted by molar-refractivity contribution is 6.10. The van der Waals surface area contributed by atoms with E-state index in [2.05, 4.69) is 9.67 Å². The third kappa shape index (κ3) is 5.74. The number of anilines is 2. The number of nitrogens with zero attached hydrogens (tertiary/aromatic N) is 5. The van der Waals surface area contributed by atoms with Crippen molar-refractivity contribution in [2.75, 3.05) is 51.1 Å². The van der Waals surface area contributed by atoms with Gasteiger partial charge >= 0.3 is 0 Å². The van der Waals surface area contributed by atoms with Gasteiger partial charge in [-0.3, -0.25) is 14.5 Å². The summed E-state index contributed by atoms with van der Waals surface area (Å²) in [4.78, 5) is 19.6. The number of nitrogens with two attached hydrogens (primary N) is 1. The van der Waals surface area contributed by atoms with Crippen LogP contribution >= 0.6 is 0 Å². The first-order chi connectivity index (χ1) is 19.5. The minimum absolute atomic E-state index is 0.0146. The summed E-state index contributed by atoms with van der Waals surface area (Å²) in [5, 5.41) is 13.9. The van der Waals surface area contributed by atoms with E-state index in [0.717, 1.165) is 54.7 Å². The molecule has 216 valence electrons. The summed E-state index contributed by atoms with van der Waals surface area (Å²) in [6, 6.07) is 3.54. The number of aliphatic hydroxyl groups is 1. The van der Waals surface area contributed by atoms with Crippen molar-refractivity contribution in [1.82, 2.24) is 14.7 Å². The molecular formula is C28H36F2N6O4. The number of halogens is 2. The summed E-state index contributed by atoms with van der Waals surface area (Å²) in [7, 11) is 0. The van der Waals surface area contributed by atoms with Crippen molar-refractivity contribution in [3.8, 4) is 0 Å². The Labute approximate surface area is 232 Å². The molecule has 1 aromatic carbocycles. The molecule has 1 aromatic heterocycles. The molecule has 12 heteroatoms. The maximum Gasteiger partial charge on any atom is 0.264 e. The molecular weight excluding hydrogens is 522 g/mol. The monoisotopic (exact) mass is 558 g/mol. The fourth-order valence-corrected chi connectivity index (χ4v) is 5.81. The molecule has 40 heavy (non-hydrogen) atoms. The second kappa shape index (κ2) is 12.9. The minimum Gasteiger partial charge on any atom is -0.404 e. The molecule has 10 nitrogen and oxygen atoms in total. The Morgan fingerprint density at radius 1 is 1.27 bits per heavy atom. The van der Waals surface area contributed by atoms with E-state index in [0.29, 0.717) is 56.1 Å². The molecule has 0 spiro atoms. The number of hydrogen-bond acceptors (Lipinski definition) is 8. The van der Waals surface area contributed by atoms with Crippen molar-refractivity contribution in [3.05, 3.63) is 46.3 Å². The zero-order chi connectivity index (χ0) is 28.1. The van der Waals surface area contributed by atoms with E-state index in [9.17, 15) is 13.6 Å². The Balaban J connectivity index is 1.54. The van der Waals surface area contributed by atoms with Crippen LogP contribution in [0.15, 0.2) is 23.3 Å². The van der Waals surface area contributed by atoms with Crippen LogP contribution in [-0.2, 0) is 33.7 Å². The summed E-state index contributed by atoms with van der Waals surface area (Å²) in [6.07, 6.45) is 4.78. The van der Waals surface area contributed by atoms with Gasteiger partial charge in [0, 0.05) is 73.2 Å². The van der Waals surface area contributed by atoms with Crippen LogP contribution < -0.4 is 10.6 Å². The predicted octanol–water partition coefficient (Wildman–Crippen LogP) is 3.11. The maximum atomic E-state index is 14.5. The lowest BCUT2D eigenvalue weighted by molar-refractivity contribution is -0.118. The Morgan fingerprint density at radius 2 is 2.10 bits per heavy atom. The van der Waals surface area contributed by atoms with E-state index in [-0.39, 0.29) is 31.5 Å². The van der Waals surface area contributed by atoms with E-state index in [1.54, 1.807) is 17.0 Å². The van der Waals surface area contributed by atoms with Crippen LogP contribution in [-0.4, -0.2) is 78.7 Å². The van der Waals surface area contributed by atoms with Crippen LogP contribution in [0.5, 0.6) is 0 Å². The van der Waals surface area contributed by atoms with Crippen LogP contribution in [0.4, 0.5) is 20.3 Å². The van der Waals surface area contributed by atoms with Gasteiger partial charge in [-0.25, -0.2) is 8.78 Å². The highest BCUT2D eigenvalue weighted by atomic mass is 19.3. The van der Waals surface area contributed by atoms with E-state index in [1.807, 2.05) is 4.90 Å². The minimum atomic E-state index is -2.74. The second-order valence-electron chi connectivity index (χ2n) is 10.2. The Kier molecular flexibility index (Phi) is 9.08. The molecule has 0 unspecified atom stereocenters. The van der Waals surface area contributed by atoms with Gasteiger partial charge in [0.2, 0.25) is 6.41 Å². The Morgan fingerprint density at radius 3 is 2.83 bits per heavy atom. The molecule has 0 aliphatic carbocycles. The van der Waals surface area contributed by atoms with Crippen LogP contribution in [0.3, 0.4) is 0 Å². The van der Waals surface area contributed by atoms with Crippen molar-refractivity contribution in [2.24, 2.45) is 10.7 Å². The number of aliphatic imine (C=N–C) groups is 1. The van der Waals surface area contributed by atoms with Crippen molar-refractivity contribution >= 4 is 29.7 Å². The lowest BCUT2D eigenvalue weighted by atomic mass is 9.92. The standard InChI is InChI=1S/C28H36F2N6O4/c29-27(30)23-13-26-19(12-22(23)20(14-31)15-32-17-40-11-8-37)2-1-6-35(26)28-24-16-34(18-38)7-3-25(24)36(33-28)21-4-9-39-10-5-21/h12-15,18,21,27,37H,1-11,16-17,31H2. The number of allylic oxidation sites excluding steroid dienone is 1. The maximum absolute atomic E-state index is 14.5. The summed E-state index contributed by atoms with van der Waals surface area (Å²) < 4.78 is 41.8. The molecule has 1 saturated heterocycles. The molecule has 0 bridgehead atoms. The van der Waals surface area contributed by atoms with Gasteiger partial charge in [0.25, 0.3) is 6.43 Å². The van der Waals surface area contributed by atoms with Crippen LogP contribution in [0, 0.1) is 0 Å². The number of benzene rings is 1. The number of fused-ring (bicyclic) bond motifs is 2. The summed E-state index contributed by atoms with van der Waals surface area (Å²) >= 11 is 0. The first kappa shape index (κ1) is 28.2. The van der Waals surface area contributed by atoms with Crippen molar-refractivity contribution < 1.29 is 28.2 Å². The third-order valence-electron chi connectivity index (χ3n) is 7.76. The van der Waals surface area contributed by atoms with Gasteiger partial charge in [-0.05, 0) is 48.9 Å².